The third kappa shape index (κ3) is 2.40. The first-order chi connectivity index (χ1) is 9.65. The predicted molar refractivity (Wildman–Crippen MR) is 70.3 cm³/mol. The number of halogens is 2. The highest BCUT2D eigenvalue weighted by atomic mass is 19.3. The molecule has 1 fully saturated rings. The number of aromatic amines is 1. The van der Waals surface area contributed by atoms with Gasteiger partial charge in [0, 0.05) is 12.1 Å². The van der Waals surface area contributed by atoms with Gasteiger partial charge >= 0.3 is 12.3 Å². The van der Waals surface area contributed by atoms with Crippen molar-refractivity contribution in [2.45, 2.75) is 25.5 Å². The molecule has 0 atom stereocenters. The van der Waals surface area contributed by atoms with Gasteiger partial charge in [-0.05, 0) is 38.1 Å². The molecule has 0 spiro atoms. The first-order valence-electron chi connectivity index (χ1n) is 6.55. The summed E-state index contributed by atoms with van der Waals surface area (Å²) >= 11 is 0. The molecule has 2 N–H and O–H groups in total. The van der Waals surface area contributed by atoms with Crippen LogP contribution in [0.2, 0.25) is 0 Å². The maximum absolute atomic E-state index is 12.3. The van der Waals surface area contributed by atoms with Crippen LogP contribution in [0.3, 0.4) is 0 Å². The molecule has 1 aromatic heterocycles. The average molecular weight is 283 g/mol. The van der Waals surface area contributed by atoms with E-state index in [4.69, 9.17) is 0 Å². The van der Waals surface area contributed by atoms with Crippen molar-refractivity contribution in [3.63, 3.8) is 0 Å². The third-order valence-electron chi connectivity index (χ3n) is 3.59. The second kappa shape index (κ2) is 5.24. The zero-order chi connectivity index (χ0) is 14.1. The Morgan fingerprint density at radius 2 is 2.05 bits per heavy atom. The molecule has 5 nitrogen and oxygen atoms in total. The highest BCUT2D eigenvalue weighted by Crippen LogP contribution is 2.25. The normalized spacial score (nSPS) is 16.9. The maximum Gasteiger partial charge on any atom is 0.387 e. The minimum absolute atomic E-state index is 0.0641. The first kappa shape index (κ1) is 13.1. The Morgan fingerprint density at radius 3 is 2.75 bits per heavy atom. The Kier molecular flexibility index (Phi) is 3.43. The lowest BCUT2D eigenvalue weighted by atomic mass is 10.1. The molecular formula is C13H15F2N3O2. The number of hydrogen-bond donors (Lipinski definition) is 2. The molecule has 3 rings (SSSR count). The number of H-pyrrole nitrogens is 1. The SMILES string of the molecule is O=c1[nH]c2ccc(OC(F)F)cc2n1C1CCNCC1. The van der Waals surface area contributed by atoms with E-state index in [1.807, 2.05) is 0 Å². The number of piperidine rings is 1. The number of imidazole rings is 1. The van der Waals surface area contributed by atoms with E-state index in [1.54, 1.807) is 10.6 Å². The molecule has 0 aliphatic carbocycles. The summed E-state index contributed by atoms with van der Waals surface area (Å²) in [6.45, 7) is -1.18. The zero-order valence-corrected chi connectivity index (χ0v) is 10.7. The minimum Gasteiger partial charge on any atom is -0.435 e. The van der Waals surface area contributed by atoms with E-state index >= 15 is 0 Å². The van der Waals surface area contributed by atoms with Gasteiger partial charge in [0.2, 0.25) is 0 Å². The number of fused-ring (bicyclic) bond motifs is 1. The number of hydrogen-bond acceptors (Lipinski definition) is 3. The molecule has 0 amide bonds. The molecular weight excluding hydrogens is 268 g/mol. The van der Waals surface area contributed by atoms with Crippen LogP contribution in [-0.2, 0) is 0 Å². The Hall–Kier alpha value is -1.89. The minimum atomic E-state index is -2.87. The van der Waals surface area contributed by atoms with Crippen LogP contribution in [0, 0.1) is 0 Å². The monoisotopic (exact) mass is 283 g/mol. The molecule has 1 saturated heterocycles. The molecule has 0 bridgehead atoms. The van der Waals surface area contributed by atoms with Gasteiger partial charge in [-0.15, -0.1) is 0 Å². The molecule has 2 heterocycles. The second-order valence-corrected chi connectivity index (χ2v) is 4.84. The summed E-state index contributed by atoms with van der Waals surface area (Å²) in [4.78, 5) is 14.8. The molecule has 1 aromatic carbocycles. The highest BCUT2D eigenvalue weighted by molar-refractivity contribution is 5.77. The molecule has 1 aliphatic rings. The van der Waals surface area contributed by atoms with E-state index in [2.05, 4.69) is 15.0 Å². The largest absolute Gasteiger partial charge is 0.435 e. The van der Waals surface area contributed by atoms with Crippen LogP contribution in [0.4, 0.5) is 8.78 Å². The molecule has 108 valence electrons. The van der Waals surface area contributed by atoms with E-state index in [0.717, 1.165) is 25.9 Å². The van der Waals surface area contributed by atoms with E-state index in [0.29, 0.717) is 11.0 Å². The molecule has 0 unspecified atom stereocenters. The van der Waals surface area contributed by atoms with Crippen LogP contribution in [0.25, 0.3) is 11.0 Å². The van der Waals surface area contributed by atoms with Crippen molar-refractivity contribution in [1.82, 2.24) is 14.9 Å². The van der Waals surface area contributed by atoms with Crippen LogP contribution in [0.5, 0.6) is 5.75 Å². The summed E-state index contributed by atoms with van der Waals surface area (Å²) in [5.41, 5.74) is 1.04. The number of rotatable bonds is 3. The van der Waals surface area contributed by atoms with Gasteiger partial charge in [0.1, 0.15) is 5.75 Å². The Labute approximate surface area is 113 Å². The number of nitrogens with one attached hydrogen (secondary N) is 2. The van der Waals surface area contributed by atoms with Gasteiger partial charge in [-0.25, -0.2) is 4.79 Å². The van der Waals surface area contributed by atoms with Crippen molar-refractivity contribution in [3.8, 4) is 5.75 Å². The molecule has 0 saturated carbocycles. The summed E-state index contributed by atoms with van der Waals surface area (Å²) in [7, 11) is 0. The van der Waals surface area contributed by atoms with Gasteiger partial charge in [-0.1, -0.05) is 0 Å². The smallest absolute Gasteiger partial charge is 0.387 e. The summed E-state index contributed by atoms with van der Waals surface area (Å²) in [5.74, 6) is 0.0641. The van der Waals surface area contributed by atoms with Crippen molar-refractivity contribution >= 4 is 11.0 Å². The number of aromatic nitrogens is 2. The van der Waals surface area contributed by atoms with Crippen molar-refractivity contribution in [3.05, 3.63) is 28.7 Å². The van der Waals surface area contributed by atoms with Crippen molar-refractivity contribution in [2.24, 2.45) is 0 Å². The van der Waals surface area contributed by atoms with Gasteiger partial charge in [-0.3, -0.25) is 4.57 Å². The summed E-state index contributed by atoms with van der Waals surface area (Å²) in [5, 5.41) is 3.23. The molecule has 20 heavy (non-hydrogen) atoms. The van der Waals surface area contributed by atoms with Crippen molar-refractivity contribution in [1.29, 1.82) is 0 Å². The average Bonchev–Trinajstić information content (AvgIpc) is 2.74. The van der Waals surface area contributed by atoms with Crippen LogP contribution in [-0.4, -0.2) is 29.3 Å². The molecule has 0 radical (unpaired) electrons. The van der Waals surface area contributed by atoms with Gasteiger partial charge in [0.25, 0.3) is 0 Å². The van der Waals surface area contributed by atoms with Crippen LogP contribution in [0.15, 0.2) is 23.0 Å². The predicted octanol–water partition coefficient (Wildman–Crippen LogP) is 1.86. The van der Waals surface area contributed by atoms with Crippen molar-refractivity contribution < 1.29 is 13.5 Å². The Balaban J connectivity index is 2.05. The number of nitrogens with zero attached hydrogens (tertiary/aromatic N) is 1. The lowest BCUT2D eigenvalue weighted by Gasteiger charge is -2.23. The number of alkyl halides is 2. The van der Waals surface area contributed by atoms with E-state index in [-0.39, 0.29) is 17.5 Å². The van der Waals surface area contributed by atoms with Gasteiger partial charge in [0.05, 0.1) is 11.0 Å². The summed E-state index contributed by atoms with van der Waals surface area (Å²) in [6, 6.07) is 4.59. The van der Waals surface area contributed by atoms with E-state index in [9.17, 15) is 13.6 Å². The zero-order valence-electron chi connectivity index (χ0n) is 10.7. The molecule has 7 heteroatoms. The second-order valence-electron chi connectivity index (χ2n) is 4.84. The van der Waals surface area contributed by atoms with E-state index in [1.165, 1.54) is 12.1 Å². The fourth-order valence-corrected chi connectivity index (χ4v) is 2.70. The highest BCUT2D eigenvalue weighted by Gasteiger charge is 2.20. The van der Waals surface area contributed by atoms with Gasteiger partial charge < -0.3 is 15.0 Å². The quantitative estimate of drug-likeness (QED) is 0.904. The lowest BCUT2D eigenvalue weighted by Crippen LogP contribution is -2.33. The lowest BCUT2D eigenvalue weighted by molar-refractivity contribution is -0.0497. The Morgan fingerprint density at radius 1 is 1.30 bits per heavy atom. The summed E-state index contributed by atoms with van der Waals surface area (Å²) in [6.07, 6.45) is 1.68. The standard InChI is InChI=1S/C13H15F2N3O2/c14-12(15)20-9-1-2-10-11(7-9)18(13(19)17-10)8-3-5-16-6-4-8/h1-2,7-8,12,16H,3-6H2,(H,17,19). The fraction of sp³-hybridized carbons (Fsp3) is 0.462. The Bertz CT molecular complexity index is 659. The van der Waals surface area contributed by atoms with Crippen LogP contribution in [0.1, 0.15) is 18.9 Å². The summed E-state index contributed by atoms with van der Waals surface area (Å²) < 4.78 is 30.6. The third-order valence-corrected chi connectivity index (χ3v) is 3.59. The fourth-order valence-electron chi connectivity index (χ4n) is 2.70. The first-order valence-corrected chi connectivity index (χ1v) is 6.55. The molecule has 2 aromatic rings. The maximum atomic E-state index is 12.3. The number of benzene rings is 1. The topological polar surface area (TPSA) is 59.1 Å². The molecule has 1 aliphatic heterocycles. The number of ether oxygens (including phenoxy) is 1. The van der Waals surface area contributed by atoms with Crippen LogP contribution < -0.4 is 15.7 Å². The van der Waals surface area contributed by atoms with Crippen molar-refractivity contribution in [2.75, 3.05) is 13.1 Å². The van der Waals surface area contributed by atoms with E-state index < -0.39 is 6.61 Å². The van der Waals surface area contributed by atoms with Crippen LogP contribution >= 0.6 is 0 Å². The van der Waals surface area contributed by atoms with Gasteiger partial charge in [-0.2, -0.15) is 8.78 Å². The van der Waals surface area contributed by atoms with Gasteiger partial charge in [0.15, 0.2) is 0 Å².